The molecule has 1 aliphatic rings. The molecule has 2 N–H and O–H groups in total. The summed E-state index contributed by atoms with van der Waals surface area (Å²) in [4.78, 5) is 2.25. The van der Waals surface area contributed by atoms with Crippen LogP contribution in [0.2, 0.25) is 0 Å². The Hall–Kier alpha value is -1.22. The quantitative estimate of drug-likeness (QED) is 0.798. The third kappa shape index (κ3) is 1.67. The molecule has 0 amide bonds. The smallest absolute Gasteiger partial charge is 0.119 e. The van der Waals surface area contributed by atoms with Crippen LogP contribution in [-0.2, 0) is 0 Å². The Kier molecular flexibility index (Phi) is 2.57. The number of nitrogens with two attached hydrogens (primary N) is 1. The Labute approximate surface area is 90.8 Å². The van der Waals surface area contributed by atoms with Crippen LogP contribution in [0.5, 0.6) is 5.75 Å². The van der Waals surface area contributed by atoms with Crippen molar-refractivity contribution in [2.45, 2.75) is 18.9 Å². The maximum absolute atomic E-state index is 6.00. The van der Waals surface area contributed by atoms with Crippen molar-refractivity contribution in [3.63, 3.8) is 0 Å². The summed E-state index contributed by atoms with van der Waals surface area (Å²) >= 11 is 0. The Morgan fingerprint density at radius 1 is 1.53 bits per heavy atom. The first kappa shape index (κ1) is 10.3. The van der Waals surface area contributed by atoms with Gasteiger partial charge in [-0.25, -0.2) is 0 Å². The van der Waals surface area contributed by atoms with Gasteiger partial charge in [0.15, 0.2) is 0 Å². The molecule has 3 nitrogen and oxygen atoms in total. The summed E-state index contributed by atoms with van der Waals surface area (Å²) in [7, 11) is 3.80. The van der Waals surface area contributed by atoms with Crippen LogP contribution in [0, 0.1) is 0 Å². The van der Waals surface area contributed by atoms with Crippen LogP contribution in [0.25, 0.3) is 0 Å². The van der Waals surface area contributed by atoms with Crippen molar-refractivity contribution in [1.29, 1.82) is 0 Å². The van der Waals surface area contributed by atoms with Crippen LogP contribution in [0.1, 0.15) is 18.4 Å². The Balaban J connectivity index is 2.42. The van der Waals surface area contributed by atoms with Gasteiger partial charge in [0.25, 0.3) is 0 Å². The van der Waals surface area contributed by atoms with E-state index in [-0.39, 0.29) is 6.04 Å². The second-order valence-electron chi connectivity index (χ2n) is 4.27. The number of nitrogens with zero attached hydrogens (tertiary/aromatic N) is 1. The van der Waals surface area contributed by atoms with Gasteiger partial charge in [-0.2, -0.15) is 0 Å². The number of fused-ring (bicyclic) bond motifs is 1. The number of benzene rings is 1. The summed E-state index contributed by atoms with van der Waals surface area (Å²) in [5.74, 6) is 1.33. The molecule has 82 valence electrons. The van der Waals surface area contributed by atoms with Crippen molar-refractivity contribution in [2.75, 3.05) is 25.6 Å². The summed E-state index contributed by atoms with van der Waals surface area (Å²) in [5, 5.41) is 0. The van der Waals surface area contributed by atoms with Gasteiger partial charge in [-0.1, -0.05) is 0 Å². The number of hydrogen-bond donors (Lipinski definition) is 1. The van der Waals surface area contributed by atoms with Gasteiger partial charge >= 0.3 is 0 Å². The fraction of sp³-hybridized carbons (Fsp3) is 0.500. The third-order valence-electron chi connectivity index (χ3n) is 3.15. The second kappa shape index (κ2) is 3.74. The van der Waals surface area contributed by atoms with Crippen LogP contribution in [0.15, 0.2) is 18.2 Å². The minimum atomic E-state index is 0.181. The van der Waals surface area contributed by atoms with E-state index >= 15 is 0 Å². The summed E-state index contributed by atoms with van der Waals surface area (Å²) in [6.07, 6.45) is 0. The highest BCUT2D eigenvalue weighted by Crippen LogP contribution is 2.38. The highest BCUT2D eigenvalue weighted by molar-refractivity contribution is 5.62. The molecule has 1 heterocycles. The maximum atomic E-state index is 6.00. The van der Waals surface area contributed by atoms with Gasteiger partial charge in [0.1, 0.15) is 5.75 Å². The molecule has 0 fully saturated rings. The lowest BCUT2D eigenvalue weighted by Crippen LogP contribution is -2.28. The number of hydrogen-bond acceptors (Lipinski definition) is 3. The Bertz CT molecular complexity index is 363. The maximum Gasteiger partial charge on any atom is 0.119 e. The molecular formula is C12H18N2O. The predicted molar refractivity (Wildman–Crippen MR) is 62.7 cm³/mol. The summed E-state index contributed by atoms with van der Waals surface area (Å²) in [5.41, 5.74) is 8.59. The molecule has 2 rings (SSSR count). The first-order valence-corrected chi connectivity index (χ1v) is 5.28. The van der Waals surface area contributed by atoms with Crippen molar-refractivity contribution in [1.82, 2.24) is 0 Å². The molecule has 1 aromatic rings. The van der Waals surface area contributed by atoms with Crippen molar-refractivity contribution >= 4 is 5.69 Å². The lowest BCUT2D eigenvalue weighted by Gasteiger charge is -2.15. The topological polar surface area (TPSA) is 38.5 Å². The number of likely N-dealkylation sites (N-methyl/N-ethyl adjacent to an activating group) is 1. The SMILES string of the molecule is COc1ccc2c(c1)C(C(C)N)CN2C. The molecule has 2 unspecified atom stereocenters. The van der Waals surface area contributed by atoms with Crippen LogP contribution in [-0.4, -0.2) is 26.7 Å². The van der Waals surface area contributed by atoms with Crippen molar-refractivity contribution in [2.24, 2.45) is 5.73 Å². The fourth-order valence-electron chi connectivity index (χ4n) is 2.25. The molecular weight excluding hydrogens is 188 g/mol. The second-order valence-corrected chi connectivity index (χ2v) is 4.27. The molecule has 15 heavy (non-hydrogen) atoms. The van der Waals surface area contributed by atoms with E-state index in [1.54, 1.807) is 7.11 Å². The highest BCUT2D eigenvalue weighted by Gasteiger charge is 2.29. The van der Waals surface area contributed by atoms with Gasteiger partial charge in [-0.15, -0.1) is 0 Å². The van der Waals surface area contributed by atoms with Gasteiger partial charge in [0, 0.05) is 31.2 Å². The highest BCUT2D eigenvalue weighted by atomic mass is 16.5. The van der Waals surface area contributed by atoms with E-state index in [1.165, 1.54) is 11.3 Å². The molecule has 0 radical (unpaired) electrons. The Morgan fingerprint density at radius 3 is 2.87 bits per heavy atom. The predicted octanol–water partition coefficient (Wildman–Crippen LogP) is 1.58. The normalized spacial score (nSPS) is 21.3. The fourth-order valence-corrected chi connectivity index (χ4v) is 2.25. The average Bonchev–Trinajstić information content (AvgIpc) is 2.56. The zero-order valence-corrected chi connectivity index (χ0v) is 9.53. The summed E-state index contributed by atoms with van der Waals surface area (Å²) in [6, 6.07) is 6.39. The molecule has 3 heteroatoms. The molecule has 0 aromatic heterocycles. The minimum absolute atomic E-state index is 0.181. The van der Waals surface area contributed by atoms with Gasteiger partial charge in [0.05, 0.1) is 7.11 Å². The number of rotatable bonds is 2. The Morgan fingerprint density at radius 2 is 2.27 bits per heavy atom. The van der Waals surface area contributed by atoms with Crippen LogP contribution in [0.4, 0.5) is 5.69 Å². The van der Waals surface area contributed by atoms with Gasteiger partial charge in [0.2, 0.25) is 0 Å². The van der Waals surface area contributed by atoms with E-state index in [9.17, 15) is 0 Å². The molecule has 0 saturated heterocycles. The number of ether oxygens (including phenoxy) is 1. The van der Waals surface area contributed by atoms with Crippen molar-refractivity contribution in [3.8, 4) is 5.75 Å². The molecule has 1 aromatic carbocycles. The molecule has 0 spiro atoms. The van der Waals surface area contributed by atoms with Crippen molar-refractivity contribution < 1.29 is 4.74 Å². The zero-order valence-electron chi connectivity index (χ0n) is 9.53. The molecule has 0 bridgehead atoms. The van der Waals surface area contributed by atoms with Crippen LogP contribution < -0.4 is 15.4 Å². The van der Waals surface area contributed by atoms with Gasteiger partial charge in [-0.3, -0.25) is 0 Å². The van der Waals surface area contributed by atoms with E-state index in [0.29, 0.717) is 5.92 Å². The molecule has 1 aliphatic heterocycles. The molecule has 2 atom stereocenters. The molecule has 0 aliphatic carbocycles. The van der Waals surface area contributed by atoms with E-state index in [4.69, 9.17) is 10.5 Å². The average molecular weight is 206 g/mol. The lowest BCUT2D eigenvalue weighted by atomic mass is 9.95. The lowest BCUT2D eigenvalue weighted by molar-refractivity contribution is 0.414. The number of anilines is 1. The zero-order chi connectivity index (χ0) is 11.0. The third-order valence-corrected chi connectivity index (χ3v) is 3.15. The monoisotopic (exact) mass is 206 g/mol. The van der Waals surface area contributed by atoms with Gasteiger partial charge in [-0.05, 0) is 30.7 Å². The van der Waals surface area contributed by atoms with E-state index in [2.05, 4.69) is 31.0 Å². The van der Waals surface area contributed by atoms with E-state index < -0.39 is 0 Å². The largest absolute Gasteiger partial charge is 0.497 e. The summed E-state index contributed by atoms with van der Waals surface area (Å²) < 4.78 is 5.24. The standard InChI is InChI=1S/C12H18N2O/c1-8(13)11-7-14(2)12-5-4-9(15-3)6-10(11)12/h4-6,8,11H,7,13H2,1-3H3. The van der Waals surface area contributed by atoms with E-state index in [1.807, 2.05) is 6.07 Å². The van der Waals surface area contributed by atoms with E-state index in [0.717, 1.165) is 12.3 Å². The molecule has 0 saturated carbocycles. The minimum Gasteiger partial charge on any atom is -0.497 e. The first-order chi connectivity index (χ1) is 7.13. The summed E-state index contributed by atoms with van der Waals surface area (Å²) in [6.45, 7) is 3.06. The van der Waals surface area contributed by atoms with Gasteiger partial charge < -0.3 is 15.4 Å². The van der Waals surface area contributed by atoms with Crippen molar-refractivity contribution in [3.05, 3.63) is 23.8 Å². The first-order valence-electron chi connectivity index (χ1n) is 5.28. The number of methoxy groups -OCH3 is 1. The van der Waals surface area contributed by atoms with Crippen LogP contribution >= 0.6 is 0 Å². The van der Waals surface area contributed by atoms with Crippen LogP contribution in [0.3, 0.4) is 0 Å².